The average molecular weight is 2600 g/mol. The molecule has 704 valence electrons. The molecule has 0 atom stereocenters. The monoisotopic (exact) mass is 2590 g/mol. The Morgan fingerprint density at radius 2 is 0.361 bits per heavy atom. The largest absolute Gasteiger partial charge is 2.00 e. The molecule has 0 saturated carbocycles. The third-order valence-electron chi connectivity index (χ3n) is 21.7. The molecule has 26 nitrogen and oxygen atoms in total. The minimum Gasteiger partial charge on any atom is -0.509 e. The Kier molecular flexibility index (Phi) is 32.5. The zero-order valence-electron chi connectivity index (χ0n) is 75.5. The first-order valence-electron chi connectivity index (χ1n) is 44.1. The van der Waals surface area contributed by atoms with Crippen LogP contribution in [0.3, 0.4) is 0 Å². The Bertz CT molecular complexity index is 6800. The van der Waals surface area contributed by atoms with Crippen molar-refractivity contribution in [1.29, 1.82) is 0 Å². The molecule has 0 radical (unpaired) electrons. The van der Waals surface area contributed by atoms with Gasteiger partial charge in [0.2, 0.25) is 0 Å². The Morgan fingerprint density at radius 1 is 0.153 bits per heavy atom. The topological polar surface area (TPSA) is 257 Å². The first-order chi connectivity index (χ1) is 69.3. The smallest absolute Gasteiger partial charge is 0.509 e. The molecule has 0 fully saturated rings. The van der Waals surface area contributed by atoms with Crippen LogP contribution in [0.15, 0.2) is 452 Å². The van der Waals surface area contributed by atoms with Crippen LogP contribution in [0, 0.1) is 48.5 Å². The third kappa shape index (κ3) is 24.6. The average Bonchev–Trinajstić information content (AvgIpc) is 1.69. The van der Waals surface area contributed by atoms with E-state index in [0.717, 1.165) is 135 Å². The van der Waals surface area contributed by atoms with E-state index in [1.807, 2.05) is 354 Å². The molecule has 0 N–H and O–H groups in total. The molecule has 0 aliphatic carbocycles. The van der Waals surface area contributed by atoms with Gasteiger partial charge in [-0.15, -0.1) is 146 Å². The number of nitrogens with zero attached hydrogens (tertiary/aromatic N) is 22. The Hall–Kier alpha value is -17.3. The van der Waals surface area contributed by atoms with Gasteiger partial charge in [-0.05, 0) is 128 Å². The van der Waals surface area contributed by atoms with Gasteiger partial charge < -0.3 is 18.9 Å². The van der Waals surface area contributed by atoms with E-state index in [2.05, 4.69) is 143 Å². The molecule has 0 amide bonds. The first kappa shape index (κ1) is 98.3. The molecule has 0 aliphatic rings. The predicted octanol–water partition coefficient (Wildman–Crippen LogP) is 23.5. The van der Waals surface area contributed by atoms with Gasteiger partial charge in [-0.3, -0.25) is 67.4 Å². The van der Waals surface area contributed by atoms with E-state index in [-0.39, 0.29) is 84.3 Å². The summed E-state index contributed by atoms with van der Waals surface area (Å²) in [5.41, 5.74) is 22.1. The number of pyridine rings is 6. The molecule has 14 aromatic heterocycles. The number of rotatable bonds is 24. The predicted molar refractivity (Wildman–Crippen MR) is 530 cm³/mol. The fourth-order valence-corrected chi connectivity index (χ4v) is 14.8. The molecule has 10 aromatic carbocycles. The Labute approximate surface area is 885 Å². The van der Waals surface area contributed by atoms with Crippen molar-refractivity contribution in [3.63, 3.8) is 0 Å². The zero-order valence-corrected chi connectivity index (χ0v) is 84.5. The molecule has 14 heterocycles. The standard InChI is InChI=1S/C30H20N4O.3C28H18N6O.4Pt/c1-3-9-23(10-4-1)25-19-31-33(21-25)27-13-7-15-29(17-27)35-30-16-8-14-28(18-30)34-22-26(20-32-34)24-11-5-2-6-12-24;1-7-25(33-19-23(17-31-33)21-5-3-11-29-15-21)13-27(9-1)35-28-10-2-8-26(14-28)34-20-24(18-32-34)22-6-4-12-30-16-22;1-3-13-29-27(11-1)21-17-31-33(19-21)23-7-5-9-25(15-23)35-26-10-6-8-24(16-26)34-20-22(18-32-34)28-12-2-4-14-30-28;1-3-25(33-19-23(17-31-33)21-7-11-29-12-8-21)15-27(5-1)35-28-6-2-4-26(16-28)34-20-24(18-32-34)22-9-13-30-14-10-22;;;;/h1-16,19-22H;1-12,15-20H;2*1-14,17-20H;;;;/q4*-2;4*+2. The van der Waals surface area contributed by atoms with E-state index in [9.17, 15) is 0 Å². The molecule has 0 spiro atoms. The van der Waals surface area contributed by atoms with Crippen molar-refractivity contribution in [2.45, 2.75) is 0 Å². The van der Waals surface area contributed by atoms with Crippen LogP contribution in [0.2, 0.25) is 0 Å². The van der Waals surface area contributed by atoms with Crippen LogP contribution in [-0.4, -0.2) is 108 Å². The molecule has 0 unspecified atom stereocenters. The molecule has 0 aliphatic heterocycles. The number of hydrogen-bond donors (Lipinski definition) is 0. The normalized spacial score (nSPS) is 10.6. The molecule has 24 aromatic rings. The summed E-state index contributed by atoms with van der Waals surface area (Å²) in [6, 6.07) is 119. The van der Waals surface area contributed by atoms with Crippen molar-refractivity contribution >= 4 is 0 Å². The van der Waals surface area contributed by atoms with Crippen molar-refractivity contribution in [3.05, 3.63) is 501 Å². The summed E-state index contributed by atoms with van der Waals surface area (Å²) in [5.74, 6) is 4.53. The second-order valence-corrected chi connectivity index (χ2v) is 31.1. The number of hydrogen-bond acceptors (Lipinski definition) is 18. The molecule has 0 saturated heterocycles. The molecule has 144 heavy (non-hydrogen) atoms. The van der Waals surface area contributed by atoms with Gasteiger partial charge in [0.05, 0.1) is 61.0 Å². The van der Waals surface area contributed by atoms with Crippen molar-refractivity contribution in [2.75, 3.05) is 0 Å². The van der Waals surface area contributed by atoms with Gasteiger partial charge in [-0.2, -0.15) is 89.3 Å². The van der Waals surface area contributed by atoms with Gasteiger partial charge in [0.15, 0.2) is 0 Å². The fraction of sp³-hybridized carbons (Fsp3) is 0. The molecular weight excluding hydrogens is 2520 g/mol. The molecule has 24 rings (SSSR count). The van der Waals surface area contributed by atoms with Crippen molar-refractivity contribution < 1.29 is 103 Å². The van der Waals surface area contributed by atoms with Gasteiger partial charge >= 0.3 is 84.3 Å². The number of aromatic nitrogens is 22. The van der Waals surface area contributed by atoms with Crippen LogP contribution in [0.5, 0.6) is 46.0 Å². The second-order valence-electron chi connectivity index (χ2n) is 31.1. The Balaban J connectivity index is 0.000000130. The van der Waals surface area contributed by atoms with E-state index in [1.165, 1.54) is 0 Å². The maximum absolute atomic E-state index is 6.09. The SMILES string of the molecule is [Pt+2].[Pt+2].[Pt+2].[Pt+2].[c-]1c(Oc2[c-]c(-n3cc(-c4ccccc4)cn3)ccc2)cccc1-n1cc(-c2ccccc2)cn1.[c-]1c(Oc2[c-]c(-n3cc(-c4ccccn4)cn3)ccc2)cccc1-n1cc(-c2ccccn2)cn1.[c-]1c(Oc2[c-]c(-n3cc(-c4cccnc4)cn3)ccc2)cccc1-n1cc(-c2cccnc2)cn1.[c-]1c(Oc2[c-]c(-n3cc(-c4ccncc4)cn3)ccc2)cccc1-n1cc(-c2ccncc2)cn1. The second kappa shape index (κ2) is 47.6. The summed E-state index contributed by atoms with van der Waals surface area (Å²) >= 11 is 0. The van der Waals surface area contributed by atoms with Crippen LogP contribution in [0.1, 0.15) is 0 Å². The van der Waals surface area contributed by atoms with Crippen LogP contribution in [0.25, 0.3) is 135 Å². The summed E-state index contributed by atoms with van der Waals surface area (Å²) in [6.07, 6.45) is 47.8. The van der Waals surface area contributed by atoms with Gasteiger partial charge in [0.1, 0.15) is 0 Å². The van der Waals surface area contributed by atoms with E-state index >= 15 is 0 Å². The van der Waals surface area contributed by atoms with E-state index < -0.39 is 0 Å². The third-order valence-corrected chi connectivity index (χ3v) is 21.7. The number of ether oxygens (including phenoxy) is 4. The first-order valence-corrected chi connectivity index (χ1v) is 44.1. The van der Waals surface area contributed by atoms with Crippen molar-refractivity contribution in [1.82, 2.24) is 108 Å². The van der Waals surface area contributed by atoms with Crippen molar-refractivity contribution in [2.24, 2.45) is 0 Å². The fourth-order valence-electron chi connectivity index (χ4n) is 14.8. The van der Waals surface area contributed by atoms with Gasteiger partial charge in [-0.25, -0.2) is 0 Å². The van der Waals surface area contributed by atoms with Crippen LogP contribution >= 0.6 is 0 Å². The summed E-state index contributed by atoms with van der Waals surface area (Å²) in [5, 5.41) is 35.8. The molecule has 30 heteroatoms. The van der Waals surface area contributed by atoms with Crippen LogP contribution < -0.4 is 18.9 Å². The molecular formula is C114H74N22O4Pt4. The minimum atomic E-state index is 0. The Morgan fingerprint density at radius 3 is 0.583 bits per heavy atom. The summed E-state index contributed by atoms with van der Waals surface area (Å²) in [4.78, 5) is 25.2. The quantitative estimate of drug-likeness (QED) is 0.0509. The van der Waals surface area contributed by atoms with Gasteiger partial charge in [0.25, 0.3) is 0 Å². The molecule has 0 bridgehead atoms. The van der Waals surface area contributed by atoms with E-state index in [1.54, 1.807) is 112 Å². The van der Waals surface area contributed by atoms with Crippen LogP contribution in [0.4, 0.5) is 0 Å². The van der Waals surface area contributed by atoms with Gasteiger partial charge in [-0.1, -0.05) is 84.9 Å². The maximum atomic E-state index is 6.09. The van der Waals surface area contributed by atoms with Gasteiger partial charge in [0, 0.05) is 213 Å². The minimum absolute atomic E-state index is 0. The maximum Gasteiger partial charge on any atom is 2.00 e. The number of benzene rings is 10. The van der Waals surface area contributed by atoms with Crippen molar-refractivity contribution in [3.8, 4) is 181 Å². The zero-order chi connectivity index (χ0) is 93.8. The summed E-state index contributed by atoms with van der Waals surface area (Å²) < 4.78 is 38.5. The summed E-state index contributed by atoms with van der Waals surface area (Å²) in [6.45, 7) is 0. The van der Waals surface area contributed by atoms with Crippen LogP contribution in [-0.2, 0) is 84.3 Å². The van der Waals surface area contributed by atoms with E-state index in [4.69, 9.17) is 18.9 Å². The van der Waals surface area contributed by atoms with E-state index in [0.29, 0.717) is 46.0 Å². The summed E-state index contributed by atoms with van der Waals surface area (Å²) in [7, 11) is 0.